The van der Waals surface area contributed by atoms with E-state index in [1.54, 1.807) is 6.20 Å². The molecular weight excluding hydrogens is 262 g/mol. The molecule has 0 amide bonds. The van der Waals surface area contributed by atoms with Crippen molar-refractivity contribution in [3.05, 3.63) is 60.0 Å². The van der Waals surface area contributed by atoms with Gasteiger partial charge in [0.15, 0.2) is 5.82 Å². The molecule has 0 aliphatic rings. The van der Waals surface area contributed by atoms with Crippen molar-refractivity contribution in [1.29, 1.82) is 0 Å². The summed E-state index contributed by atoms with van der Waals surface area (Å²) >= 11 is 0. The summed E-state index contributed by atoms with van der Waals surface area (Å²) in [6.07, 6.45) is 4.47. The van der Waals surface area contributed by atoms with Crippen LogP contribution >= 0.6 is 0 Å². The Bertz CT molecular complexity index is 711. The van der Waals surface area contributed by atoms with E-state index in [2.05, 4.69) is 5.10 Å². The van der Waals surface area contributed by atoms with E-state index >= 15 is 0 Å². The highest BCUT2D eigenvalue weighted by Gasteiger charge is 2.19. The summed E-state index contributed by atoms with van der Waals surface area (Å²) in [6.45, 7) is 4.02. The van der Waals surface area contributed by atoms with Gasteiger partial charge in [-0.3, -0.25) is 0 Å². The van der Waals surface area contributed by atoms with Crippen LogP contribution in [0.3, 0.4) is 0 Å². The van der Waals surface area contributed by atoms with E-state index in [0.29, 0.717) is 0 Å². The number of para-hydroxylation sites is 1. The first kappa shape index (κ1) is 13.6. The van der Waals surface area contributed by atoms with Gasteiger partial charge in [0.2, 0.25) is 0 Å². The highest BCUT2D eigenvalue weighted by Crippen LogP contribution is 2.23. The fourth-order valence-corrected chi connectivity index (χ4v) is 2.49. The molecule has 0 aliphatic heterocycles. The average molecular weight is 281 g/mol. The second-order valence-electron chi connectivity index (χ2n) is 5.27. The molecular formula is C16H19N5. The van der Waals surface area contributed by atoms with Gasteiger partial charge in [-0.1, -0.05) is 18.2 Å². The van der Waals surface area contributed by atoms with Crippen LogP contribution in [-0.2, 0) is 6.42 Å². The molecule has 21 heavy (non-hydrogen) atoms. The first-order valence-electron chi connectivity index (χ1n) is 7.06. The Morgan fingerprint density at radius 3 is 2.57 bits per heavy atom. The van der Waals surface area contributed by atoms with Crippen molar-refractivity contribution in [3.63, 3.8) is 0 Å². The first-order valence-corrected chi connectivity index (χ1v) is 7.06. The van der Waals surface area contributed by atoms with Gasteiger partial charge in [0, 0.05) is 24.0 Å². The van der Waals surface area contributed by atoms with Crippen molar-refractivity contribution in [1.82, 2.24) is 19.6 Å². The summed E-state index contributed by atoms with van der Waals surface area (Å²) < 4.78 is 3.78. The smallest absolute Gasteiger partial charge is 0.160 e. The third-order valence-corrected chi connectivity index (χ3v) is 3.41. The van der Waals surface area contributed by atoms with E-state index in [0.717, 1.165) is 29.2 Å². The van der Waals surface area contributed by atoms with Crippen LogP contribution in [0.4, 0.5) is 0 Å². The molecule has 3 rings (SSSR count). The van der Waals surface area contributed by atoms with Crippen molar-refractivity contribution in [3.8, 4) is 11.5 Å². The molecule has 5 heteroatoms. The van der Waals surface area contributed by atoms with Crippen molar-refractivity contribution < 1.29 is 0 Å². The van der Waals surface area contributed by atoms with E-state index in [-0.39, 0.29) is 6.04 Å². The fraction of sp³-hybridized carbons (Fsp3) is 0.250. The maximum Gasteiger partial charge on any atom is 0.160 e. The highest BCUT2D eigenvalue weighted by molar-refractivity contribution is 5.45. The summed E-state index contributed by atoms with van der Waals surface area (Å²) in [6, 6.07) is 12.1. The minimum Gasteiger partial charge on any atom is -0.328 e. The van der Waals surface area contributed by atoms with Crippen LogP contribution in [-0.4, -0.2) is 25.6 Å². The summed E-state index contributed by atoms with van der Waals surface area (Å²) in [5.41, 5.74) is 9.14. The van der Waals surface area contributed by atoms with Gasteiger partial charge in [-0.2, -0.15) is 10.2 Å². The van der Waals surface area contributed by atoms with Crippen LogP contribution in [0.15, 0.2) is 48.8 Å². The number of rotatable bonds is 4. The predicted molar refractivity (Wildman–Crippen MR) is 82.8 cm³/mol. The molecule has 0 aliphatic carbocycles. The van der Waals surface area contributed by atoms with Gasteiger partial charge < -0.3 is 5.73 Å². The maximum absolute atomic E-state index is 6.00. The largest absolute Gasteiger partial charge is 0.328 e. The van der Waals surface area contributed by atoms with Crippen LogP contribution in [0.25, 0.3) is 11.5 Å². The molecule has 1 aromatic carbocycles. The van der Waals surface area contributed by atoms with Gasteiger partial charge in [0.05, 0.1) is 11.4 Å². The van der Waals surface area contributed by atoms with Crippen LogP contribution in [0, 0.1) is 6.92 Å². The quantitative estimate of drug-likeness (QED) is 0.798. The minimum absolute atomic E-state index is 0.0754. The van der Waals surface area contributed by atoms with Gasteiger partial charge in [0.25, 0.3) is 0 Å². The van der Waals surface area contributed by atoms with E-state index in [4.69, 9.17) is 10.8 Å². The molecule has 0 fully saturated rings. The zero-order chi connectivity index (χ0) is 14.8. The van der Waals surface area contributed by atoms with E-state index in [9.17, 15) is 0 Å². The van der Waals surface area contributed by atoms with E-state index in [1.165, 1.54) is 0 Å². The standard InChI is InChI=1S/C16H19N5/c1-12(17)11-15-13(2)19-21(14-7-4-3-5-8-14)16(15)20-10-6-9-18-20/h3-10,12H,11,17H2,1-2H3. The summed E-state index contributed by atoms with van der Waals surface area (Å²) in [7, 11) is 0. The molecule has 5 nitrogen and oxygen atoms in total. The van der Waals surface area contributed by atoms with Gasteiger partial charge in [0.1, 0.15) is 0 Å². The number of aromatic nitrogens is 4. The van der Waals surface area contributed by atoms with E-state index in [1.807, 2.05) is 65.8 Å². The Hall–Kier alpha value is -2.40. The monoisotopic (exact) mass is 281 g/mol. The molecule has 0 radical (unpaired) electrons. The van der Waals surface area contributed by atoms with E-state index < -0.39 is 0 Å². The normalized spacial score (nSPS) is 12.5. The molecule has 2 heterocycles. The van der Waals surface area contributed by atoms with Crippen LogP contribution in [0.5, 0.6) is 0 Å². The molecule has 0 bridgehead atoms. The van der Waals surface area contributed by atoms with Crippen molar-refractivity contribution in [2.45, 2.75) is 26.3 Å². The minimum atomic E-state index is 0.0754. The number of aryl methyl sites for hydroxylation is 1. The molecule has 1 atom stereocenters. The first-order chi connectivity index (χ1) is 10.2. The van der Waals surface area contributed by atoms with Crippen LogP contribution < -0.4 is 5.73 Å². The Morgan fingerprint density at radius 2 is 1.95 bits per heavy atom. The molecule has 0 saturated heterocycles. The zero-order valence-corrected chi connectivity index (χ0v) is 12.3. The summed E-state index contributed by atoms with van der Waals surface area (Å²) in [5, 5.41) is 9.06. The summed E-state index contributed by atoms with van der Waals surface area (Å²) in [4.78, 5) is 0. The lowest BCUT2D eigenvalue weighted by atomic mass is 10.1. The topological polar surface area (TPSA) is 61.7 Å². The number of nitrogens with zero attached hydrogens (tertiary/aromatic N) is 4. The van der Waals surface area contributed by atoms with Gasteiger partial charge in [-0.25, -0.2) is 9.36 Å². The number of nitrogens with two attached hydrogens (primary N) is 1. The number of hydrogen-bond acceptors (Lipinski definition) is 3. The Morgan fingerprint density at radius 1 is 1.19 bits per heavy atom. The van der Waals surface area contributed by atoms with Crippen molar-refractivity contribution >= 4 is 0 Å². The molecule has 0 saturated carbocycles. The number of benzene rings is 1. The van der Waals surface area contributed by atoms with Crippen molar-refractivity contribution in [2.24, 2.45) is 5.73 Å². The Balaban J connectivity index is 2.21. The van der Waals surface area contributed by atoms with Crippen molar-refractivity contribution in [2.75, 3.05) is 0 Å². The molecule has 1 unspecified atom stereocenters. The molecule has 2 N–H and O–H groups in total. The SMILES string of the molecule is Cc1nn(-c2ccccc2)c(-n2cccn2)c1CC(C)N. The summed E-state index contributed by atoms with van der Waals surface area (Å²) in [5.74, 6) is 0.959. The Labute approximate surface area is 124 Å². The average Bonchev–Trinajstić information content (AvgIpc) is 3.08. The zero-order valence-electron chi connectivity index (χ0n) is 12.3. The third kappa shape index (κ3) is 2.60. The second-order valence-corrected chi connectivity index (χ2v) is 5.27. The van der Waals surface area contributed by atoms with Gasteiger partial charge in [-0.15, -0.1) is 0 Å². The maximum atomic E-state index is 6.00. The lowest BCUT2D eigenvalue weighted by Gasteiger charge is -2.11. The van der Waals surface area contributed by atoms with Crippen LogP contribution in [0.2, 0.25) is 0 Å². The molecule has 3 aromatic rings. The molecule has 0 spiro atoms. The van der Waals surface area contributed by atoms with Crippen LogP contribution in [0.1, 0.15) is 18.2 Å². The lowest BCUT2D eigenvalue weighted by Crippen LogP contribution is -2.19. The fourth-order valence-electron chi connectivity index (χ4n) is 2.49. The van der Waals surface area contributed by atoms with Gasteiger partial charge in [-0.05, 0) is 38.5 Å². The molecule has 108 valence electrons. The Kier molecular flexibility index (Phi) is 3.58. The number of hydrogen-bond donors (Lipinski definition) is 1. The highest BCUT2D eigenvalue weighted by atomic mass is 15.4. The lowest BCUT2D eigenvalue weighted by molar-refractivity contribution is 0.715. The third-order valence-electron chi connectivity index (χ3n) is 3.41. The second kappa shape index (κ2) is 5.54. The molecule has 2 aromatic heterocycles. The predicted octanol–water partition coefficient (Wildman–Crippen LogP) is 2.26. The van der Waals surface area contributed by atoms with Gasteiger partial charge >= 0.3 is 0 Å².